The Balaban J connectivity index is 1.47. The Hall–Kier alpha value is -3.40. The number of anilines is 2. The Labute approximate surface area is 183 Å². The zero-order valence-corrected chi connectivity index (χ0v) is 18.0. The summed E-state index contributed by atoms with van der Waals surface area (Å²) in [5, 5.41) is 15.3. The summed E-state index contributed by atoms with van der Waals surface area (Å²) in [5.41, 5.74) is 2.35. The third kappa shape index (κ3) is 4.69. The van der Waals surface area contributed by atoms with Crippen molar-refractivity contribution in [3.63, 3.8) is 0 Å². The van der Waals surface area contributed by atoms with Crippen LogP contribution in [-0.2, 0) is 16.1 Å². The van der Waals surface area contributed by atoms with Crippen LogP contribution < -0.4 is 15.0 Å². The van der Waals surface area contributed by atoms with Crippen molar-refractivity contribution >= 4 is 35.0 Å². The quantitative estimate of drug-likeness (QED) is 0.590. The first-order chi connectivity index (χ1) is 15.0. The van der Waals surface area contributed by atoms with Crippen LogP contribution >= 0.6 is 11.8 Å². The highest BCUT2D eigenvalue weighted by Crippen LogP contribution is 2.32. The topological polar surface area (TPSA) is 102 Å². The summed E-state index contributed by atoms with van der Waals surface area (Å²) < 4.78 is 6.84. The van der Waals surface area contributed by atoms with E-state index >= 15 is 0 Å². The smallest absolute Gasteiger partial charge is 0.237 e. The molecule has 1 atom stereocenters. The molecule has 1 N–H and O–H groups in total. The van der Waals surface area contributed by atoms with E-state index in [9.17, 15) is 9.59 Å². The Morgan fingerprint density at radius 2 is 2.00 bits per heavy atom. The molecular formula is C21H22N6O3S. The molecule has 0 radical (unpaired) electrons. The number of para-hydroxylation sites is 2. The fourth-order valence-corrected chi connectivity index (χ4v) is 4.20. The number of nitrogens with one attached hydrogen (secondary N) is 1. The molecule has 0 aliphatic carbocycles. The van der Waals surface area contributed by atoms with Gasteiger partial charge >= 0.3 is 0 Å². The second-order valence-corrected chi connectivity index (χ2v) is 8.08. The number of tetrazole rings is 1. The van der Waals surface area contributed by atoms with E-state index in [2.05, 4.69) is 20.8 Å². The number of ether oxygens (including phenoxy) is 1. The number of thioether (sulfide) groups is 1. The number of nitrogens with zero attached hydrogens (tertiary/aromatic N) is 5. The highest BCUT2D eigenvalue weighted by Gasteiger charge is 2.29. The summed E-state index contributed by atoms with van der Waals surface area (Å²) in [6.07, 6.45) is 0.236. The van der Waals surface area contributed by atoms with Crippen molar-refractivity contribution in [2.24, 2.45) is 0 Å². The number of rotatable bonds is 6. The van der Waals surface area contributed by atoms with E-state index in [1.54, 1.807) is 22.8 Å². The number of hydrogen-bond acceptors (Lipinski definition) is 7. The second-order valence-electron chi connectivity index (χ2n) is 7.14. The molecule has 2 heterocycles. The molecule has 2 aromatic carbocycles. The number of methoxy groups -OCH3 is 1. The molecule has 1 aliphatic rings. The van der Waals surface area contributed by atoms with Gasteiger partial charge in [0, 0.05) is 12.5 Å². The number of carbonyl (C=O) groups excluding carboxylic acids is 2. The van der Waals surface area contributed by atoms with Crippen molar-refractivity contribution in [1.82, 2.24) is 20.2 Å². The Kier molecular flexibility index (Phi) is 6.17. The fourth-order valence-electron chi connectivity index (χ4n) is 3.47. The van der Waals surface area contributed by atoms with Crippen LogP contribution in [0.3, 0.4) is 0 Å². The molecule has 0 saturated heterocycles. The van der Waals surface area contributed by atoms with Gasteiger partial charge in [0.1, 0.15) is 5.75 Å². The number of hydrogen-bond donors (Lipinski definition) is 1. The Morgan fingerprint density at radius 1 is 1.23 bits per heavy atom. The van der Waals surface area contributed by atoms with Gasteiger partial charge in [-0.25, -0.2) is 4.68 Å². The molecule has 10 heteroatoms. The molecule has 9 nitrogen and oxygen atoms in total. The number of amides is 2. The van der Waals surface area contributed by atoms with Crippen LogP contribution in [0.5, 0.6) is 5.75 Å². The average Bonchev–Trinajstić information content (AvgIpc) is 3.15. The van der Waals surface area contributed by atoms with Crippen molar-refractivity contribution in [1.29, 1.82) is 0 Å². The molecule has 1 unspecified atom stereocenters. The minimum atomic E-state index is -0.257. The lowest BCUT2D eigenvalue weighted by Crippen LogP contribution is -2.40. The molecule has 1 aromatic heterocycles. The fraction of sp³-hybridized carbons (Fsp3) is 0.286. The molecule has 31 heavy (non-hydrogen) atoms. The van der Waals surface area contributed by atoms with Gasteiger partial charge in [-0.2, -0.15) is 0 Å². The average molecular weight is 439 g/mol. The molecule has 2 amide bonds. The first-order valence-corrected chi connectivity index (χ1v) is 10.8. The van der Waals surface area contributed by atoms with Gasteiger partial charge in [0.2, 0.25) is 17.0 Å². The lowest BCUT2D eigenvalue weighted by molar-refractivity contribution is -0.117. The van der Waals surface area contributed by atoms with E-state index in [-0.39, 0.29) is 30.0 Å². The predicted molar refractivity (Wildman–Crippen MR) is 117 cm³/mol. The second kappa shape index (κ2) is 9.17. The van der Waals surface area contributed by atoms with Crippen molar-refractivity contribution in [3.8, 4) is 5.75 Å². The van der Waals surface area contributed by atoms with E-state index in [4.69, 9.17) is 4.74 Å². The van der Waals surface area contributed by atoms with Crippen LogP contribution in [0.15, 0.2) is 53.7 Å². The van der Waals surface area contributed by atoms with Gasteiger partial charge in [-0.1, -0.05) is 36.0 Å². The molecule has 0 fully saturated rings. The summed E-state index contributed by atoms with van der Waals surface area (Å²) in [6.45, 7) is 2.35. The number of benzene rings is 2. The number of carbonyl (C=O) groups is 2. The highest BCUT2D eigenvalue weighted by molar-refractivity contribution is 7.99. The first kappa shape index (κ1) is 20.9. The lowest BCUT2D eigenvalue weighted by Gasteiger charge is -2.27. The van der Waals surface area contributed by atoms with Gasteiger partial charge < -0.3 is 15.0 Å². The summed E-state index contributed by atoms with van der Waals surface area (Å²) in [7, 11) is 1.62. The zero-order valence-electron chi connectivity index (χ0n) is 17.2. The van der Waals surface area contributed by atoms with Gasteiger partial charge in [-0.05, 0) is 47.2 Å². The lowest BCUT2D eigenvalue weighted by atomic mass is 10.2. The standard InChI is InChI=1S/C21H22N6O3S/c1-14-11-19(28)22-17-5-3-4-6-18(17)27(14)20(29)13-31-21-23-24-25-26(21)12-15-7-9-16(30-2)10-8-15/h3-10,14H,11-13H2,1-2H3,(H,22,28). The SMILES string of the molecule is COc1ccc(Cn2nnnc2SCC(=O)N2c3ccccc3NC(=O)CC2C)cc1. The zero-order chi connectivity index (χ0) is 21.8. The summed E-state index contributed by atoms with van der Waals surface area (Å²) in [4.78, 5) is 27.0. The normalized spacial score (nSPS) is 15.7. The summed E-state index contributed by atoms with van der Waals surface area (Å²) >= 11 is 1.27. The van der Waals surface area contributed by atoms with Crippen molar-refractivity contribution in [3.05, 3.63) is 54.1 Å². The maximum absolute atomic E-state index is 13.1. The first-order valence-electron chi connectivity index (χ1n) is 9.78. The molecular weight excluding hydrogens is 416 g/mol. The Bertz CT molecular complexity index is 1080. The van der Waals surface area contributed by atoms with Crippen molar-refractivity contribution in [2.45, 2.75) is 31.1 Å². The predicted octanol–water partition coefficient (Wildman–Crippen LogP) is 2.59. The molecule has 0 bridgehead atoms. The third-order valence-corrected chi connectivity index (χ3v) is 5.89. The minimum absolute atomic E-state index is 0.105. The molecule has 1 aliphatic heterocycles. The van der Waals surface area contributed by atoms with E-state index in [0.717, 1.165) is 11.3 Å². The minimum Gasteiger partial charge on any atom is -0.497 e. The maximum Gasteiger partial charge on any atom is 0.237 e. The van der Waals surface area contributed by atoms with Gasteiger partial charge in [-0.15, -0.1) is 5.10 Å². The monoisotopic (exact) mass is 438 g/mol. The van der Waals surface area contributed by atoms with Crippen LogP contribution in [-0.4, -0.2) is 50.9 Å². The largest absolute Gasteiger partial charge is 0.497 e. The van der Waals surface area contributed by atoms with Gasteiger partial charge in [-0.3, -0.25) is 9.59 Å². The number of aromatic nitrogens is 4. The third-order valence-electron chi connectivity index (χ3n) is 4.94. The molecule has 0 saturated carbocycles. The summed E-state index contributed by atoms with van der Waals surface area (Å²) in [6, 6.07) is 14.7. The van der Waals surface area contributed by atoms with Crippen LogP contribution in [0.1, 0.15) is 18.9 Å². The van der Waals surface area contributed by atoms with Crippen molar-refractivity contribution in [2.75, 3.05) is 23.1 Å². The van der Waals surface area contributed by atoms with Crippen molar-refractivity contribution < 1.29 is 14.3 Å². The highest BCUT2D eigenvalue weighted by atomic mass is 32.2. The molecule has 3 aromatic rings. The number of fused-ring (bicyclic) bond motifs is 1. The van der Waals surface area contributed by atoms with E-state index < -0.39 is 0 Å². The summed E-state index contributed by atoms with van der Waals surface area (Å²) in [5.74, 6) is 0.711. The van der Waals surface area contributed by atoms with Crippen LogP contribution in [0.4, 0.5) is 11.4 Å². The van der Waals surface area contributed by atoms with E-state index in [0.29, 0.717) is 23.1 Å². The van der Waals surface area contributed by atoms with Crippen LogP contribution in [0.25, 0.3) is 0 Å². The van der Waals surface area contributed by atoms with E-state index in [1.165, 1.54) is 11.8 Å². The Morgan fingerprint density at radius 3 is 2.77 bits per heavy atom. The van der Waals surface area contributed by atoms with Gasteiger partial charge in [0.15, 0.2) is 0 Å². The van der Waals surface area contributed by atoms with E-state index in [1.807, 2.05) is 49.4 Å². The molecule has 160 valence electrons. The molecule has 0 spiro atoms. The van der Waals surface area contributed by atoms with Crippen LogP contribution in [0.2, 0.25) is 0 Å². The maximum atomic E-state index is 13.1. The van der Waals surface area contributed by atoms with Gasteiger partial charge in [0.25, 0.3) is 0 Å². The molecule has 4 rings (SSSR count). The van der Waals surface area contributed by atoms with Crippen LogP contribution in [0, 0.1) is 0 Å². The van der Waals surface area contributed by atoms with Gasteiger partial charge in [0.05, 0.1) is 30.8 Å².